The molecule has 2 aromatic rings. The summed E-state index contributed by atoms with van der Waals surface area (Å²) in [6.07, 6.45) is 1.02. The van der Waals surface area contributed by atoms with Crippen LogP contribution < -0.4 is 9.62 Å². The third kappa shape index (κ3) is 6.69. The monoisotopic (exact) mass is 529 g/mol. The minimum atomic E-state index is -3.79. The molecule has 10 heteroatoms. The van der Waals surface area contributed by atoms with Crippen molar-refractivity contribution in [3.8, 4) is 0 Å². The molecule has 0 aliphatic carbocycles. The number of hydrogen-bond donors (Lipinski definition) is 1. The minimum absolute atomic E-state index is 0.138. The van der Waals surface area contributed by atoms with Crippen LogP contribution in [0.25, 0.3) is 0 Å². The lowest BCUT2D eigenvalue weighted by atomic mass is 10.1. The van der Waals surface area contributed by atoms with Gasteiger partial charge in [-0.25, -0.2) is 8.42 Å². The normalized spacial score (nSPS) is 12.2. The van der Waals surface area contributed by atoms with Crippen molar-refractivity contribution in [2.45, 2.75) is 26.4 Å². The summed E-state index contributed by atoms with van der Waals surface area (Å²) in [5, 5.41) is 2.93. The molecule has 0 heterocycles. The zero-order valence-corrected chi connectivity index (χ0v) is 20.9. The Morgan fingerprint density at radius 1 is 1.19 bits per heavy atom. The topological polar surface area (TPSA) is 86.8 Å². The molecular weight excluding hydrogens is 506 g/mol. The summed E-state index contributed by atoms with van der Waals surface area (Å²) < 4.78 is 26.8. The second-order valence-electron chi connectivity index (χ2n) is 7.14. The summed E-state index contributed by atoms with van der Waals surface area (Å²) in [5.74, 6) is -0.870. The number of carbonyl (C=O) groups excluding carboxylic acids is 2. The lowest BCUT2D eigenvalue weighted by Gasteiger charge is -2.31. The molecule has 0 spiro atoms. The Bertz CT molecular complexity index is 1080. The van der Waals surface area contributed by atoms with Gasteiger partial charge in [0.05, 0.1) is 11.9 Å². The van der Waals surface area contributed by atoms with Gasteiger partial charge in [-0.1, -0.05) is 45.7 Å². The Hall–Kier alpha value is -2.10. The highest BCUT2D eigenvalue weighted by molar-refractivity contribution is 9.10. The van der Waals surface area contributed by atoms with Gasteiger partial charge in [0.25, 0.3) is 0 Å². The van der Waals surface area contributed by atoms with E-state index in [4.69, 9.17) is 11.6 Å². The average molecular weight is 531 g/mol. The molecule has 0 aromatic heterocycles. The molecule has 0 radical (unpaired) electrons. The number of rotatable bonds is 8. The molecule has 2 amide bonds. The van der Waals surface area contributed by atoms with Gasteiger partial charge in [0.15, 0.2) is 0 Å². The Morgan fingerprint density at radius 3 is 2.42 bits per heavy atom. The van der Waals surface area contributed by atoms with Crippen molar-refractivity contribution in [3.05, 3.63) is 63.1 Å². The summed E-state index contributed by atoms with van der Waals surface area (Å²) >= 11 is 9.56. The summed E-state index contributed by atoms with van der Waals surface area (Å²) in [6.45, 7) is 3.07. The molecule has 7 nitrogen and oxygen atoms in total. The van der Waals surface area contributed by atoms with Crippen LogP contribution in [-0.4, -0.2) is 51.0 Å². The molecule has 31 heavy (non-hydrogen) atoms. The van der Waals surface area contributed by atoms with Crippen molar-refractivity contribution in [2.24, 2.45) is 0 Å². The van der Waals surface area contributed by atoms with Crippen LogP contribution in [0.5, 0.6) is 0 Å². The van der Waals surface area contributed by atoms with Crippen LogP contribution in [0.4, 0.5) is 5.69 Å². The first-order valence-electron chi connectivity index (χ1n) is 9.43. The van der Waals surface area contributed by atoms with Crippen molar-refractivity contribution in [2.75, 3.05) is 24.2 Å². The van der Waals surface area contributed by atoms with Crippen LogP contribution in [0.15, 0.2) is 46.9 Å². The molecule has 168 valence electrons. The van der Waals surface area contributed by atoms with Crippen LogP contribution in [0.2, 0.25) is 5.02 Å². The smallest absolute Gasteiger partial charge is 0.244 e. The maximum atomic E-state index is 13.3. The van der Waals surface area contributed by atoms with Crippen LogP contribution in [-0.2, 0) is 26.2 Å². The highest BCUT2D eigenvalue weighted by Crippen LogP contribution is 2.25. The van der Waals surface area contributed by atoms with Gasteiger partial charge in [0, 0.05) is 23.1 Å². The van der Waals surface area contributed by atoms with E-state index in [9.17, 15) is 18.0 Å². The van der Waals surface area contributed by atoms with Gasteiger partial charge >= 0.3 is 0 Å². The molecule has 0 saturated heterocycles. The number of halogens is 2. The summed E-state index contributed by atoms with van der Waals surface area (Å²) in [5.41, 5.74) is 1.86. The number of sulfonamides is 1. The molecule has 0 aliphatic heterocycles. The Morgan fingerprint density at radius 2 is 1.87 bits per heavy atom. The quantitative estimate of drug-likeness (QED) is 0.567. The first-order chi connectivity index (χ1) is 14.4. The third-order valence-corrected chi connectivity index (χ3v) is 6.82. The molecule has 0 fully saturated rings. The summed E-state index contributed by atoms with van der Waals surface area (Å²) in [4.78, 5) is 26.9. The molecule has 0 aliphatic rings. The molecule has 2 rings (SSSR count). The molecule has 1 N–H and O–H groups in total. The number of likely N-dealkylation sites (N-methyl/N-ethyl adjacent to an activating group) is 1. The van der Waals surface area contributed by atoms with Crippen molar-refractivity contribution in [3.63, 3.8) is 0 Å². The predicted molar refractivity (Wildman–Crippen MR) is 127 cm³/mol. The second-order valence-corrected chi connectivity index (χ2v) is 10.4. The number of anilines is 1. The number of benzene rings is 2. The molecule has 1 atom stereocenters. The number of carbonyl (C=O) groups is 2. The van der Waals surface area contributed by atoms with E-state index in [1.165, 1.54) is 18.0 Å². The van der Waals surface area contributed by atoms with Crippen LogP contribution in [0.3, 0.4) is 0 Å². The standard InChI is InChI=1S/C21H25BrClN3O4S/c1-14-8-9-18(11-19(14)23)26(31(4,29)30)13-20(27)25(15(2)21(28)24-3)12-16-6-5-7-17(22)10-16/h5-11,15H,12-13H2,1-4H3,(H,24,28)/t15-/m0/s1. The SMILES string of the molecule is CNC(=O)[C@H](C)N(Cc1cccc(Br)c1)C(=O)CN(c1ccc(C)c(Cl)c1)S(C)(=O)=O. The first kappa shape index (κ1) is 25.2. The molecule has 2 aromatic carbocycles. The number of aryl methyl sites for hydroxylation is 1. The minimum Gasteiger partial charge on any atom is -0.357 e. The van der Waals surface area contributed by atoms with Crippen LogP contribution in [0.1, 0.15) is 18.1 Å². The van der Waals surface area contributed by atoms with Gasteiger partial charge in [-0.3, -0.25) is 13.9 Å². The summed E-state index contributed by atoms with van der Waals surface area (Å²) in [7, 11) is -2.30. The zero-order chi connectivity index (χ0) is 23.3. The van der Waals surface area contributed by atoms with Gasteiger partial charge in [0.1, 0.15) is 12.6 Å². The maximum Gasteiger partial charge on any atom is 0.244 e. The van der Waals surface area contributed by atoms with Gasteiger partial charge < -0.3 is 10.2 Å². The van der Waals surface area contributed by atoms with E-state index in [2.05, 4.69) is 21.2 Å². The fourth-order valence-corrected chi connectivity index (χ4v) is 4.44. The Balaban J connectivity index is 2.40. The Labute approximate surface area is 196 Å². The number of nitrogens with zero attached hydrogens (tertiary/aromatic N) is 2. The van der Waals surface area contributed by atoms with Crippen molar-refractivity contribution in [1.29, 1.82) is 0 Å². The average Bonchev–Trinajstić information content (AvgIpc) is 2.70. The lowest BCUT2D eigenvalue weighted by molar-refractivity contribution is -0.139. The predicted octanol–water partition coefficient (Wildman–Crippen LogP) is 3.34. The highest BCUT2D eigenvalue weighted by Gasteiger charge is 2.29. The molecule has 0 bridgehead atoms. The first-order valence-corrected chi connectivity index (χ1v) is 12.5. The van der Waals surface area contributed by atoms with Crippen molar-refractivity contribution in [1.82, 2.24) is 10.2 Å². The highest BCUT2D eigenvalue weighted by atomic mass is 79.9. The van der Waals surface area contributed by atoms with E-state index >= 15 is 0 Å². The van der Waals surface area contributed by atoms with E-state index in [0.717, 1.165) is 26.2 Å². The number of amides is 2. The molecule has 0 unspecified atom stereocenters. The van der Waals surface area contributed by atoms with E-state index in [1.54, 1.807) is 26.0 Å². The number of nitrogens with one attached hydrogen (secondary N) is 1. The largest absolute Gasteiger partial charge is 0.357 e. The van der Waals surface area contributed by atoms with E-state index in [-0.39, 0.29) is 18.1 Å². The molecular formula is C21H25BrClN3O4S. The van der Waals surface area contributed by atoms with Gasteiger partial charge in [-0.05, 0) is 49.2 Å². The second kappa shape index (κ2) is 10.5. The lowest BCUT2D eigenvalue weighted by Crippen LogP contribution is -2.50. The van der Waals surface area contributed by atoms with Crippen LogP contribution >= 0.6 is 27.5 Å². The zero-order valence-electron chi connectivity index (χ0n) is 17.7. The van der Waals surface area contributed by atoms with E-state index in [0.29, 0.717) is 5.02 Å². The Kier molecular flexibility index (Phi) is 8.50. The fourth-order valence-electron chi connectivity index (χ4n) is 2.97. The van der Waals surface area contributed by atoms with E-state index in [1.807, 2.05) is 24.3 Å². The van der Waals surface area contributed by atoms with Gasteiger partial charge in [0.2, 0.25) is 21.8 Å². The maximum absolute atomic E-state index is 13.3. The van der Waals surface area contributed by atoms with E-state index < -0.39 is 28.5 Å². The van der Waals surface area contributed by atoms with Crippen molar-refractivity contribution < 1.29 is 18.0 Å². The molecule has 0 saturated carbocycles. The summed E-state index contributed by atoms with van der Waals surface area (Å²) in [6, 6.07) is 11.3. The van der Waals surface area contributed by atoms with Gasteiger partial charge in [-0.15, -0.1) is 0 Å². The van der Waals surface area contributed by atoms with Crippen molar-refractivity contribution >= 4 is 55.1 Å². The van der Waals surface area contributed by atoms with Gasteiger partial charge in [-0.2, -0.15) is 0 Å². The number of hydrogen-bond acceptors (Lipinski definition) is 4. The fraction of sp³-hybridized carbons (Fsp3) is 0.333. The van der Waals surface area contributed by atoms with Crippen LogP contribution in [0, 0.1) is 6.92 Å². The third-order valence-electron chi connectivity index (χ3n) is 4.78.